The van der Waals surface area contributed by atoms with Crippen molar-refractivity contribution in [2.75, 3.05) is 12.4 Å². The summed E-state index contributed by atoms with van der Waals surface area (Å²) < 4.78 is 0. The van der Waals surface area contributed by atoms with Gasteiger partial charge in [0, 0.05) is 5.88 Å². The number of carbonyl (C=O) groups is 1. The van der Waals surface area contributed by atoms with Crippen LogP contribution in [0.25, 0.3) is 0 Å². The summed E-state index contributed by atoms with van der Waals surface area (Å²) in [5.41, 5.74) is 0. The van der Waals surface area contributed by atoms with E-state index < -0.39 is 0 Å². The van der Waals surface area contributed by atoms with Gasteiger partial charge in [-0.2, -0.15) is 0 Å². The van der Waals surface area contributed by atoms with E-state index in [2.05, 4.69) is 5.32 Å². The van der Waals surface area contributed by atoms with Gasteiger partial charge in [-0.25, -0.2) is 0 Å². The molecule has 0 unspecified atom stereocenters. The average molecular weight is 143 g/mol. The zero-order valence-corrected chi connectivity index (χ0v) is 8.17. The van der Waals surface area contributed by atoms with Crippen molar-refractivity contribution < 1.29 is 57.6 Å². The molecule has 1 saturated heterocycles. The molecule has 7 heavy (non-hydrogen) atoms. The average Bonchev–Trinajstić information content (AvgIpc) is 1.86. The molecule has 0 spiro atoms. The first kappa shape index (κ1) is 8.62. The van der Waals surface area contributed by atoms with Crippen LogP contribution in [0.2, 0.25) is 0 Å². The summed E-state index contributed by atoms with van der Waals surface area (Å²) >= 11 is 1.35. The van der Waals surface area contributed by atoms with Crippen molar-refractivity contribution in [3.63, 3.8) is 0 Å². The van der Waals surface area contributed by atoms with Crippen LogP contribution in [0.3, 0.4) is 0 Å². The first-order valence-electron chi connectivity index (χ1n) is 1.76. The molecule has 1 rings (SSSR count). The minimum Gasteiger partial charge on any atom is -1.00 e. The molecule has 0 amide bonds. The summed E-state index contributed by atoms with van der Waals surface area (Å²) in [5, 5.41) is 3.14. The summed E-state index contributed by atoms with van der Waals surface area (Å²) in [6, 6.07) is 0. The van der Waals surface area contributed by atoms with E-state index in [9.17, 15) is 4.79 Å². The van der Waals surface area contributed by atoms with E-state index in [0.717, 1.165) is 5.88 Å². The van der Waals surface area contributed by atoms with Crippen LogP contribution in [0, 0.1) is 0 Å². The van der Waals surface area contributed by atoms with Crippen LogP contribution in [0.5, 0.6) is 0 Å². The van der Waals surface area contributed by atoms with Gasteiger partial charge in [0.15, 0.2) is 0 Å². The molecule has 0 saturated carbocycles. The fourth-order valence-corrected chi connectivity index (χ4v) is 0.905. The molecule has 0 radical (unpaired) electrons. The first-order valence-corrected chi connectivity index (χ1v) is 2.74. The maximum Gasteiger partial charge on any atom is 1.00 e. The Morgan fingerprint density at radius 1 is 1.86 bits per heavy atom. The quantitative estimate of drug-likeness (QED) is 0.365. The van der Waals surface area contributed by atoms with Gasteiger partial charge in [0.1, 0.15) is 0 Å². The summed E-state index contributed by atoms with van der Waals surface area (Å²) in [4.78, 5) is 10.1. The Labute approximate surface area is 90.7 Å². The minimum atomic E-state index is 0. The van der Waals surface area contributed by atoms with E-state index in [1.807, 2.05) is 0 Å². The third-order valence-electron chi connectivity index (χ3n) is 0.605. The number of nitrogens with one attached hydrogen (secondary N) is 1. The topological polar surface area (TPSA) is 29.1 Å². The van der Waals surface area contributed by atoms with Gasteiger partial charge in [-0.1, -0.05) is 11.8 Å². The Morgan fingerprint density at radius 2 is 2.57 bits per heavy atom. The predicted octanol–water partition coefficient (Wildman–Crippen LogP) is -3.08. The normalized spacial score (nSPS) is 19.1. The van der Waals surface area contributed by atoms with Crippen molar-refractivity contribution in [3.05, 3.63) is 0 Å². The van der Waals surface area contributed by atoms with Crippen molar-refractivity contribution in [2.45, 2.75) is 0 Å². The molecule has 0 aliphatic carbocycles. The van der Waals surface area contributed by atoms with Crippen LogP contribution < -0.4 is 56.7 Å². The minimum absolute atomic E-state index is 0. The second kappa shape index (κ2) is 4.49. The third-order valence-corrected chi connectivity index (χ3v) is 1.42. The fraction of sp³-hybridized carbons (Fsp3) is 0.667. The Kier molecular flexibility index (Phi) is 5.53. The second-order valence-corrected chi connectivity index (χ2v) is 2.12. The van der Waals surface area contributed by atoms with Crippen LogP contribution in [-0.4, -0.2) is 17.5 Å². The monoisotopic (exact) mass is 143 g/mol. The molecule has 1 aliphatic rings. The number of hydrogen-bond donors (Lipinski definition) is 1. The van der Waals surface area contributed by atoms with E-state index in [1.165, 1.54) is 11.8 Å². The van der Waals surface area contributed by atoms with Gasteiger partial charge in [0.2, 0.25) is 5.12 Å². The molecule has 0 aromatic carbocycles. The van der Waals surface area contributed by atoms with Crippen molar-refractivity contribution in [1.82, 2.24) is 5.32 Å². The van der Waals surface area contributed by atoms with Crippen molar-refractivity contribution in [3.8, 4) is 0 Å². The molecular formula is C3H6KNOS. The summed E-state index contributed by atoms with van der Waals surface area (Å²) in [6.45, 7) is 0.560. The Balaban J connectivity index is 0. The summed E-state index contributed by atoms with van der Waals surface area (Å²) in [5.74, 6) is 0.804. The molecule has 1 heterocycles. The number of rotatable bonds is 0. The zero-order valence-electron chi connectivity index (χ0n) is 5.23. The maximum atomic E-state index is 10.1. The van der Waals surface area contributed by atoms with Gasteiger partial charge in [-0.15, -0.1) is 0 Å². The van der Waals surface area contributed by atoms with Gasteiger partial charge in [-0.3, -0.25) is 10.1 Å². The van der Waals surface area contributed by atoms with Crippen LogP contribution in [0.15, 0.2) is 0 Å². The van der Waals surface area contributed by atoms with E-state index in [-0.39, 0.29) is 57.9 Å². The van der Waals surface area contributed by atoms with Gasteiger partial charge >= 0.3 is 51.4 Å². The summed E-state index contributed by atoms with van der Waals surface area (Å²) in [6.07, 6.45) is 0. The zero-order chi connectivity index (χ0) is 4.41. The van der Waals surface area contributed by atoms with E-state index in [1.54, 1.807) is 0 Å². The van der Waals surface area contributed by atoms with Gasteiger partial charge in [0.05, 0.1) is 6.54 Å². The van der Waals surface area contributed by atoms with Crippen LogP contribution in [0.1, 0.15) is 1.43 Å². The van der Waals surface area contributed by atoms with E-state index in [4.69, 9.17) is 0 Å². The molecule has 0 atom stereocenters. The number of hydrogen-bond acceptors (Lipinski definition) is 3. The fourth-order valence-electron chi connectivity index (χ4n) is 0.336. The molecule has 1 N–H and O–H groups in total. The van der Waals surface area contributed by atoms with Crippen LogP contribution in [0.4, 0.5) is 0 Å². The Bertz CT molecular complexity index is 73.7. The first-order chi connectivity index (χ1) is 2.89. The largest absolute Gasteiger partial charge is 1.00 e. The molecule has 0 aromatic heterocycles. The number of carbonyl (C=O) groups excluding carboxylic acids is 1. The van der Waals surface area contributed by atoms with Crippen molar-refractivity contribution >= 4 is 16.9 Å². The molecule has 0 aromatic rings. The SMILES string of the molecule is O=C1CNCS1.[H-].[K+]. The van der Waals surface area contributed by atoms with Crippen LogP contribution in [-0.2, 0) is 4.79 Å². The Morgan fingerprint density at radius 3 is 2.71 bits per heavy atom. The van der Waals surface area contributed by atoms with Crippen LogP contribution >= 0.6 is 11.8 Å². The Hall–Kier alpha value is 1.62. The molecule has 2 nitrogen and oxygen atoms in total. The smallest absolute Gasteiger partial charge is 1.00 e. The molecule has 0 bridgehead atoms. The molecule has 4 heteroatoms. The third kappa shape index (κ3) is 3.24. The van der Waals surface area contributed by atoms with Crippen molar-refractivity contribution in [1.29, 1.82) is 0 Å². The summed E-state index contributed by atoms with van der Waals surface area (Å²) in [7, 11) is 0. The second-order valence-electron chi connectivity index (χ2n) is 1.09. The molecule has 1 fully saturated rings. The molecular weight excluding hydrogens is 137 g/mol. The van der Waals surface area contributed by atoms with Gasteiger partial charge in [-0.05, 0) is 0 Å². The van der Waals surface area contributed by atoms with Gasteiger partial charge < -0.3 is 1.43 Å². The standard InChI is InChI=1S/C3H5NOS.K.H/c5-3-1-4-2-6-3;;/h4H,1-2H2;;/q;+1;-1. The van der Waals surface area contributed by atoms with E-state index in [0.29, 0.717) is 6.54 Å². The molecule has 36 valence electrons. The predicted molar refractivity (Wildman–Crippen MR) is 26.6 cm³/mol. The van der Waals surface area contributed by atoms with E-state index >= 15 is 0 Å². The number of thioether (sulfide) groups is 1. The molecule has 1 aliphatic heterocycles. The maximum absolute atomic E-state index is 10.1. The van der Waals surface area contributed by atoms with Gasteiger partial charge in [0.25, 0.3) is 0 Å². The van der Waals surface area contributed by atoms with Crippen molar-refractivity contribution in [2.24, 2.45) is 0 Å².